The maximum atomic E-state index is 9.97. The highest BCUT2D eigenvalue weighted by Gasteiger charge is 1.98. The SMILES string of the molecule is C=C(COC)CC(=O)O. The number of rotatable bonds is 4. The van der Waals surface area contributed by atoms with Gasteiger partial charge in [0.25, 0.3) is 0 Å². The van der Waals surface area contributed by atoms with Crippen molar-refractivity contribution in [2.75, 3.05) is 13.7 Å². The third-order valence-corrected chi connectivity index (χ3v) is 0.750. The summed E-state index contributed by atoms with van der Waals surface area (Å²) in [7, 11) is 1.51. The van der Waals surface area contributed by atoms with Crippen molar-refractivity contribution in [1.29, 1.82) is 0 Å². The molecule has 0 heterocycles. The van der Waals surface area contributed by atoms with Gasteiger partial charge in [-0.25, -0.2) is 0 Å². The van der Waals surface area contributed by atoms with Gasteiger partial charge in [0.15, 0.2) is 0 Å². The minimum Gasteiger partial charge on any atom is -0.481 e. The average Bonchev–Trinajstić information content (AvgIpc) is 1.63. The molecule has 0 saturated carbocycles. The molecule has 3 heteroatoms. The Morgan fingerprint density at radius 2 is 2.33 bits per heavy atom. The van der Waals surface area contributed by atoms with E-state index in [-0.39, 0.29) is 6.42 Å². The summed E-state index contributed by atoms with van der Waals surface area (Å²) in [6.45, 7) is 3.80. The van der Waals surface area contributed by atoms with Crippen LogP contribution in [0.5, 0.6) is 0 Å². The molecule has 1 N–H and O–H groups in total. The Kier molecular flexibility index (Phi) is 3.71. The van der Waals surface area contributed by atoms with E-state index in [9.17, 15) is 4.79 Å². The molecule has 0 aromatic rings. The Hall–Kier alpha value is -0.830. The van der Waals surface area contributed by atoms with Crippen LogP contribution in [0.1, 0.15) is 6.42 Å². The van der Waals surface area contributed by atoms with E-state index in [4.69, 9.17) is 5.11 Å². The lowest BCUT2D eigenvalue weighted by Gasteiger charge is -1.97. The van der Waals surface area contributed by atoms with Crippen molar-refractivity contribution >= 4 is 5.97 Å². The van der Waals surface area contributed by atoms with Gasteiger partial charge in [0.2, 0.25) is 0 Å². The van der Waals surface area contributed by atoms with E-state index < -0.39 is 5.97 Å². The van der Waals surface area contributed by atoms with Gasteiger partial charge < -0.3 is 9.84 Å². The average molecular weight is 130 g/mol. The fourth-order valence-electron chi connectivity index (χ4n) is 0.469. The molecule has 0 spiro atoms. The second-order valence-corrected chi connectivity index (χ2v) is 1.75. The third-order valence-electron chi connectivity index (χ3n) is 0.750. The van der Waals surface area contributed by atoms with Gasteiger partial charge in [-0.1, -0.05) is 6.58 Å². The van der Waals surface area contributed by atoms with Gasteiger partial charge in [-0.05, 0) is 5.57 Å². The zero-order valence-corrected chi connectivity index (χ0v) is 5.39. The normalized spacial score (nSPS) is 9.00. The smallest absolute Gasteiger partial charge is 0.307 e. The predicted octanol–water partition coefficient (Wildman–Crippen LogP) is 0.664. The Balaban J connectivity index is 3.39. The van der Waals surface area contributed by atoms with Crippen LogP contribution in [0.3, 0.4) is 0 Å². The number of carbonyl (C=O) groups is 1. The maximum absolute atomic E-state index is 9.97. The van der Waals surface area contributed by atoms with Crippen LogP contribution in [-0.2, 0) is 9.53 Å². The molecule has 9 heavy (non-hydrogen) atoms. The van der Waals surface area contributed by atoms with Crippen LogP contribution in [0.2, 0.25) is 0 Å². The number of carboxylic acid groups (broad SMARTS) is 1. The van der Waals surface area contributed by atoms with Crippen molar-refractivity contribution in [1.82, 2.24) is 0 Å². The summed E-state index contributed by atoms with van der Waals surface area (Å²) in [5.74, 6) is -0.864. The first-order valence-corrected chi connectivity index (χ1v) is 2.54. The van der Waals surface area contributed by atoms with Crippen molar-refractivity contribution in [3.8, 4) is 0 Å². The summed E-state index contributed by atoms with van der Waals surface area (Å²) in [5, 5.41) is 8.19. The Labute approximate surface area is 53.9 Å². The monoisotopic (exact) mass is 130 g/mol. The van der Waals surface area contributed by atoms with E-state index in [1.165, 1.54) is 7.11 Å². The number of hydrogen-bond donors (Lipinski definition) is 1. The van der Waals surface area contributed by atoms with Crippen LogP contribution in [0.4, 0.5) is 0 Å². The standard InChI is InChI=1S/C6H10O3/c1-5(4-9-2)3-6(7)8/h1,3-4H2,2H3,(H,7,8). The van der Waals surface area contributed by atoms with Gasteiger partial charge in [0.05, 0.1) is 13.0 Å². The summed E-state index contributed by atoms with van der Waals surface area (Å²) in [6.07, 6.45) is -0.00611. The minimum atomic E-state index is -0.864. The van der Waals surface area contributed by atoms with E-state index in [1.807, 2.05) is 0 Å². The van der Waals surface area contributed by atoms with Crippen molar-refractivity contribution in [2.24, 2.45) is 0 Å². The highest BCUT2D eigenvalue weighted by atomic mass is 16.5. The lowest BCUT2D eigenvalue weighted by molar-refractivity contribution is -0.136. The first-order chi connectivity index (χ1) is 4.16. The molecule has 0 atom stereocenters. The van der Waals surface area contributed by atoms with Crippen LogP contribution in [0, 0.1) is 0 Å². The molecule has 0 amide bonds. The highest BCUT2D eigenvalue weighted by molar-refractivity contribution is 5.69. The van der Waals surface area contributed by atoms with Gasteiger partial charge in [-0.2, -0.15) is 0 Å². The van der Waals surface area contributed by atoms with E-state index in [0.717, 1.165) is 0 Å². The molecule has 3 nitrogen and oxygen atoms in total. The molecule has 52 valence electrons. The number of methoxy groups -OCH3 is 1. The highest BCUT2D eigenvalue weighted by Crippen LogP contribution is 1.96. The fraction of sp³-hybridized carbons (Fsp3) is 0.500. The van der Waals surface area contributed by atoms with E-state index in [0.29, 0.717) is 12.2 Å². The molecular weight excluding hydrogens is 120 g/mol. The molecule has 0 fully saturated rings. The molecule has 0 radical (unpaired) electrons. The van der Waals surface area contributed by atoms with Crippen LogP contribution >= 0.6 is 0 Å². The van der Waals surface area contributed by atoms with Crippen LogP contribution in [0.15, 0.2) is 12.2 Å². The lowest BCUT2D eigenvalue weighted by atomic mass is 10.2. The van der Waals surface area contributed by atoms with Gasteiger partial charge in [0.1, 0.15) is 0 Å². The van der Waals surface area contributed by atoms with Crippen LogP contribution in [-0.4, -0.2) is 24.8 Å². The summed E-state index contributed by atoms with van der Waals surface area (Å²) in [4.78, 5) is 9.97. The summed E-state index contributed by atoms with van der Waals surface area (Å²) in [5.41, 5.74) is 0.588. The van der Waals surface area contributed by atoms with Gasteiger partial charge in [-0.15, -0.1) is 0 Å². The first-order valence-electron chi connectivity index (χ1n) is 2.54. The third kappa shape index (κ3) is 5.03. The molecule has 0 bridgehead atoms. The Morgan fingerprint density at radius 3 is 2.67 bits per heavy atom. The second-order valence-electron chi connectivity index (χ2n) is 1.75. The number of hydrogen-bond acceptors (Lipinski definition) is 2. The zero-order valence-electron chi connectivity index (χ0n) is 5.39. The predicted molar refractivity (Wildman–Crippen MR) is 33.3 cm³/mol. The molecule has 0 aliphatic heterocycles. The fourth-order valence-corrected chi connectivity index (χ4v) is 0.469. The topological polar surface area (TPSA) is 46.5 Å². The molecule has 0 unspecified atom stereocenters. The maximum Gasteiger partial charge on any atom is 0.307 e. The van der Waals surface area contributed by atoms with E-state index >= 15 is 0 Å². The molecular formula is C6H10O3. The Bertz CT molecular complexity index is 117. The molecule has 0 rings (SSSR count). The van der Waals surface area contributed by atoms with Gasteiger partial charge in [-0.3, -0.25) is 4.79 Å². The minimum absolute atomic E-state index is 0.00611. The quantitative estimate of drug-likeness (QED) is 0.569. The molecule has 0 saturated heterocycles. The molecule has 0 aromatic heterocycles. The van der Waals surface area contributed by atoms with E-state index in [1.54, 1.807) is 0 Å². The summed E-state index contributed by atoms with van der Waals surface area (Å²) < 4.78 is 4.64. The van der Waals surface area contributed by atoms with Gasteiger partial charge >= 0.3 is 5.97 Å². The summed E-state index contributed by atoms with van der Waals surface area (Å²) in [6, 6.07) is 0. The molecule has 0 aliphatic rings. The van der Waals surface area contributed by atoms with Crippen LogP contribution in [0.25, 0.3) is 0 Å². The van der Waals surface area contributed by atoms with Gasteiger partial charge in [0, 0.05) is 7.11 Å². The van der Waals surface area contributed by atoms with Crippen LogP contribution < -0.4 is 0 Å². The molecule has 0 aromatic carbocycles. The Morgan fingerprint density at radius 1 is 1.78 bits per heavy atom. The summed E-state index contributed by atoms with van der Waals surface area (Å²) >= 11 is 0. The van der Waals surface area contributed by atoms with E-state index in [2.05, 4.69) is 11.3 Å². The van der Waals surface area contributed by atoms with Crippen molar-refractivity contribution in [2.45, 2.75) is 6.42 Å². The number of carboxylic acids is 1. The first kappa shape index (κ1) is 8.17. The van der Waals surface area contributed by atoms with Crippen molar-refractivity contribution in [3.05, 3.63) is 12.2 Å². The van der Waals surface area contributed by atoms with Crippen molar-refractivity contribution in [3.63, 3.8) is 0 Å². The molecule has 0 aliphatic carbocycles. The largest absolute Gasteiger partial charge is 0.481 e. The second kappa shape index (κ2) is 4.09. The number of aliphatic carboxylic acids is 1. The number of ether oxygens (including phenoxy) is 1. The lowest BCUT2D eigenvalue weighted by Crippen LogP contribution is -2.00. The van der Waals surface area contributed by atoms with Crippen molar-refractivity contribution < 1.29 is 14.6 Å². The zero-order chi connectivity index (χ0) is 7.28.